The zero-order valence-corrected chi connectivity index (χ0v) is 25.5. The molecule has 0 saturated carbocycles. The summed E-state index contributed by atoms with van der Waals surface area (Å²) in [5, 5.41) is 6.87. The van der Waals surface area contributed by atoms with Gasteiger partial charge in [-0.2, -0.15) is 0 Å². The Morgan fingerprint density at radius 3 is 1.09 bits per heavy atom. The summed E-state index contributed by atoms with van der Waals surface area (Å²) in [5.74, 6) is 0. The van der Waals surface area contributed by atoms with Gasteiger partial charge < -0.3 is 9.80 Å². The summed E-state index contributed by atoms with van der Waals surface area (Å²) >= 11 is 3.56. The number of benzene rings is 6. The molecule has 2 heterocycles. The topological polar surface area (TPSA) is 6.48 Å². The molecule has 4 heteroatoms. The lowest BCUT2D eigenvalue weighted by Gasteiger charge is -2.26. The van der Waals surface area contributed by atoms with Gasteiger partial charge in [0.25, 0.3) is 0 Å². The Labute approximate surface area is 265 Å². The molecule has 0 saturated heterocycles. The average Bonchev–Trinajstić information content (AvgIpc) is 3.76. The SMILES string of the molecule is c1ccc(N(c2ccc(-c3ccc(N(c4ccccc4)c4ccc5ccsc5c4)cc3)cc2)c2ccc3ccsc3c2)cc1. The van der Waals surface area contributed by atoms with E-state index in [2.05, 4.69) is 178 Å². The third-order valence-corrected chi connectivity index (χ3v) is 9.77. The van der Waals surface area contributed by atoms with E-state index in [4.69, 9.17) is 0 Å². The maximum absolute atomic E-state index is 2.33. The molecule has 0 fully saturated rings. The molecule has 0 aliphatic carbocycles. The molecule has 8 rings (SSSR count). The van der Waals surface area contributed by atoms with Crippen LogP contribution in [0.4, 0.5) is 34.1 Å². The largest absolute Gasteiger partial charge is 0.310 e. The van der Waals surface area contributed by atoms with Crippen molar-refractivity contribution in [1.82, 2.24) is 0 Å². The van der Waals surface area contributed by atoms with Crippen molar-refractivity contribution in [2.75, 3.05) is 9.80 Å². The lowest BCUT2D eigenvalue weighted by molar-refractivity contribution is 1.29. The summed E-state index contributed by atoms with van der Waals surface area (Å²) in [5.41, 5.74) is 9.24. The number of hydrogen-bond acceptors (Lipinski definition) is 4. The first-order valence-electron chi connectivity index (χ1n) is 14.7. The quantitative estimate of drug-likeness (QED) is 0.180. The van der Waals surface area contributed by atoms with Crippen LogP contribution < -0.4 is 9.80 Å². The van der Waals surface area contributed by atoms with Gasteiger partial charge in [0.05, 0.1) is 0 Å². The van der Waals surface area contributed by atoms with E-state index in [-0.39, 0.29) is 0 Å². The summed E-state index contributed by atoms with van der Waals surface area (Å²) in [4.78, 5) is 4.66. The van der Waals surface area contributed by atoms with Crippen molar-refractivity contribution in [2.24, 2.45) is 0 Å². The van der Waals surface area contributed by atoms with Crippen molar-refractivity contribution in [1.29, 1.82) is 0 Å². The molecule has 0 aliphatic rings. The van der Waals surface area contributed by atoms with E-state index in [0.29, 0.717) is 0 Å². The molecule has 0 aliphatic heterocycles. The number of hydrogen-bond donors (Lipinski definition) is 0. The minimum absolute atomic E-state index is 1.13. The summed E-state index contributed by atoms with van der Waals surface area (Å²) in [6.45, 7) is 0. The fourth-order valence-corrected chi connectivity index (χ4v) is 7.46. The zero-order chi connectivity index (χ0) is 29.3. The molecule has 210 valence electrons. The van der Waals surface area contributed by atoms with Crippen molar-refractivity contribution >= 4 is 77.0 Å². The van der Waals surface area contributed by atoms with Crippen molar-refractivity contribution in [3.05, 3.63) is 168 Å². The van der Waals surface area contributed by atoms with E-state index in [1.165, 1.54) is 31.3 Å². The highest BCUT2D eigenvalue weighted by Crippen LogP contribution is 2.40. The molecule has 0 N–H and O–H groups in total. The summed E-state index contributed by atoms with van der Waals surface area (Å²) in [6.07, 6.45) is 0. The van der Waals surface area contributed by atoms with E-state index >= 15 is 0 Å². The second kappa shape index (κ2) is 11.5. The van der Waals surface area contributed by atoms with Gasteiger partial charge >= 0.3 is 0 Å². The van der Waals surface area contributed by atoms with Gasteiger partial charge in [-0.25, -0.2) is 0 Å². The monoisotopic (exact) mass is 600 g/mol. The first-order chi connectivity index (χ1) is 21.8. The van der Waals surface area contributed by atoms with Crippen molar-refractivity contribution in [2.45, 2.75) is 0 Å². The Morgan fingerprint density at radius 1 is 0.318 bits per heavy atom. The van der Waals surface area contributed by atoms with Crippen LogP contribution in [-0.4, -0.2) is 0 Å². The van der Waals surface area contributed by atoms with Gasteiger partial charge in [-0.1, -0.05) is 72.8 Å². The van der Waals surface area contributed by atoms with Crippen LogP contribution in [0.2, 0.25) is 0 Å². The number of anilines is 6. The molecule has 44 heavy (non-hydrogen) atoms. The number of para-hydroxylation sites is 2. The van der Waals surface area contributed by atoms with Gasteiger partial charge in [0.1, 0.15) is 0 Å². The standard InChI is InChI=1S/C40H28N2S2/c1-3-7-33(8-4-1)41(37-21-15-31-23-25-43-39(31)27-37)35-17-11-29(12-18-35)30-13-19-36(20-14-30)42(34-9-5-2-6-10-34)38-22-16-32-24-26-44-40(32)28-38/h1-28H. The Balaban J connectivity index is 1.12. The van der Waals surface area contributed by atoms with E-state index in [1.807, 2.05) is 0 Å². The van der Waals surface area contributed by atoms with E-state index in [1.54, 1.807) is 22.7 Å². The molecule has 8 aromatic rings. The van der Waals surface area contributed by atoms with Crippen LogP contribution in [0, 0.1) is 0 Å². The van der Waals surface area contributed by atoms with Crippen LogP contribution in [0.15, 0.2) is 168 Å². The molecule has 0 atom stereocenters. The third kappa shape index (κ3) is 5.05. The summed E-state index contributed by atoms with van der Waals surface area (Å²) < 4.78 is 2.58. The van der Waals surface area contributed by atoms with Gasteiger partial charge in [0.15, 0.2) is 0 Å². The van der Waals surface area contributed by atoms with Gasteiger partial charge in [-0.3, -0.25) is 0 Å². The predicted octanol–water partition coefficient (Wildman–Crippen LogP) is 12.7. The van der Waals surface area contributed by atoms with Gasteiger partial charge in [-0.05, 0) is 118 Å². The van der Waals surface area contributed by atoms with Gasteiger partial charge in [0, 0.05) is 43.5 Å². The van der Waals surface area contributed by atoms with Crippen LogP contribution in [0.3, 0.4) is 0 Å². The molecule has 6 aromatic carbocycles. The maximum atomic E-state index is 2.33. The minimum atomic E-state index is 1.13. The molecule has 0 spiro atoms. The highest BCUT2D eigenvalue weighted by atomic mass is 32.1. The van der Waals surface area contributed by atoms with Gasteiger partial charge in [0.2, 0.25) is 0 Å². The Morgan fingerprint density at radius 2 is 0.682 bits per heavy atom. The summed E-state index contributed by atoms with van der Waals surface area (Å²) in [6, 6.07) is 56.8. The van der Waals surface area contributed by atoms with Crippen LogP contribution in [0.5, 0.6) is 0 Å². The Bertz CT molecular complexity index is 2000. The smallest absolute Gasteiger partial charge is 0.0476 e. The molecule has 0 radical (unpaired) electrons. The number of nitrogens with zero attached hydrogens (tertiary/aromatic N) is 2. The van der Waals surface area contributed by atoms with Crippen molar-refractivity contribution in [3.63, 3.8) is 0 Å². The van der Waals surface area contributed by atoms with E-state index in [0.717, 1.165) is 34.1 Å². The van der Waals surface area contributed by atoms with E-state index < -0.39 is 0 Å². The van der Waals surface area contributed by atoms with Crippen LogP contribution >= 0.6 is 22.7 Å². The highest BCUT2D eigenvalue weighted by Gasteiger charge is 2.15. The maximum Gasteiger partial charge on any atom is 0.0476 e. The third-order valence-electron chi connectivity index (χ3n) is 8.01. The highest BCUT2D eigenvalue weighted by molar-refractivity contribution is 7.17. The van der Waals surface area contributed by atoms with Crippen molar-refractivity contribution in [3.8, 4) is 11.1 Å². The van der Waals surface area contributed by atoms with Gasteiger partial charge in [-0.15, -0.1) is 22.7 Å². The van der Waals surface area contributed by atoms with E-state index in [9.17, 15) is 0 Å². The fraction of sp³-hybridized carbons (Fsp3) is 0. The Hall–Kier alpha value is -5.16. The minimum Gasteiger partial charge on any atom is -0.310 e. The Kier molecular flexibility index (Phi) is 6.91. The number of fused-ring (bicyclic) bond motifs is 2. The van der Waals surface area contributed by atoms with Crippen molar-refractivity contribution < 1.29 is 0 Å². The van der Waals surface area contributed by atoms with Crippen LogP contribution in [-0.2, 0) is 0 Å². The average molecular weight is 601 g/mol. The second-order valence-corrected chi connectivity index (χ2v) is 12.6. The molecule has 0 amide bonds. The number of thiophene rings is 2. The second-order valence-electron chi connectivity index (χ2n) is 10.7. The zero-order valence-electron chi connectivity index (χ0n) is 23.9. The predicted molar refractivity (Wildman–Crippen MR) is 192 cm³/mol. The van der Waals surface area contributed by atoms with Crippen LogP contribution in [0.25, 0.3) is 31.3 Å². The molecule has 0 bridgehead atoms. The molecule has 0 unspecified atom stereocenters. The van der Waals surface area contributed by atoms with Crippen LogP contribution in [0.1, 0.15) is 0 Å². The first kappa shape index (κ1) is 26.5. The fourth-order valence-electron chi connectivity index (χ4n) is 5.82. The first-order valence-corrected chi connectivity index (χ1v) is 16.4. The molecule has 2 aromatic heterocycles. The normalized spacial score (nSPS) is 11.2. The lowest BCUT2D eigenvalue weighted by atomic mass is 10.0. The molecule has 2 nitrogen and oxygen atoms in total. The lowest BCUT2D eigenvalue weighted by Crippen LogP contribution is -2.09. The summed E-state index contributed by atoms with van der Waals surface area (Å²) in [7, 11) is 0. The number of rotatable bonds is 7. The molecular weight excluding hydrogens is 573 g/mol. The molecular formula is C40H28N2S2.